The molecular weight excluding hydrogens is 542 g/mol. The van der Waals surface area contributed by atoms with Gasteiger partial charge in [-0.2, -0.15) is 12.2 Å². The molecular formula is C26H46BO8PSSi. The van der Waals surface area contributed by atoms with E-state index < -0.39 is 14.4 Å². The van der Waals surface area contributed by atoms with Gasteiger partial charge in [-0.25, -0.2) is 0 Å². The van der Waals surface area contributed by atoms with Crippen LogP contribution >= 0.6 is 19.9 Å². The quantitative estimate of drug-likeness (QED) is 0.0843. The lowest BCUT2D eigenvalue weighted by Gasteiger charge is -2.37. The van der Waals surface area contributed by atoms with Gasteiger partial charge in [-0.1, -0.05) is 19.8 Å². The van der Waals surface area contributed by atoms with E-state index in [0.717, 1.165) is 17.7 Å². The maximum atomic E-state index is 12.2. The van der Waals surface area contributed by atoms with Crippen LogP contribution in [0.15, 0.2) is 24.3 Å². The van der Waals surface area contributed by atoms with Crippen molar-refractivity contribution in [2.24, 2.45) is 0 Å². The van der Waals surface area contributed by atoms with Crippen molar-refractivity contribution in [1.82, 2.24) is 0 Å². The van der Waals surface area contributed by atoms with Gasteiger partial charge in [-0.3, -0.25) is 4.79 Å². The molecule has 1 N–H and O–H groups in total. The van der Waals surface area contributed by atoms with Gasteiger partial charge in [0.25, 0.3) is 0 Å². The summed E-state index contributed by atoms with van der Waals surface area (Å²) in [7, 11) is 0.816. The fraction of sp³-hybridized carbons (Fsp3) is 0.731. The molecule has 1 aromatic carbocycles. The summed E-state index contributed by atoms with van der Waals surface area (Å²) in [5.74, 6) is 0.541. The van der Waals surface area contributed by atoms with E-state index in [4.69, 9.17) is 28.0 Å². The smallest absolute Gasteiger partial charge is 0.310 e. The molecule has 1 aromatic rings. The van der Waals surface area contributed by atoms with Crippen LogP contribution in [0.4, 0.5) is 0 Å². The molecule has 0 radical (unpaired) electrons. The molecule has 0 aromatic heterocycles. The zero-order valence-electron chi connectivity index (χ0n) is 23.5. The van der Waals surface area contributed by atoms with Gasteiger partial charge in [0.1, 0.15) is 5.75 Å². The van der Waals surface area contributed by atoms with Crippen LogP contribution in [-0.4, -0.2) is 77.4 Å². The molecule has 2 rings (SSSR count). The number of aliphatic hydroxyl groups is 1. The van der Waals surface area contributed by atoms with Gasteiger partial charge in [0.05, 0.1) is 57.3 Å². The summed E-state index contributed by atoms with van der Waals surface area (Å²) in [6.45, 7) is 9.49. The molecule has 1 aliphatic heterocycles. The van der Waals surface area contributed by atoms with Gasteiger partial charge in [0.2, 0.25) is 0 Å². The van der Waals surface area contributed by atoms with E-state index in [1.165, 1.54) is 0 Å². The normalized spacial score (nSPS) is 21.8. The molecule has 0 bridgehead atoms. The third-order valence-electron chi connectivity index (χ3n) is 6.12. The Morgan fingerprint density at radius 2 is 1.84 bits per heavy atom. The number of hydrogen-bond acceptors (Lipinski definition) is 9. The number of thiol groups is 1. The molecule has 1 fully saturated rings. The Balaban J connectivity index is 2.01. The van der Waals surface area contributed by atoms with Gasteiger partial charge in [-0.05, 0) is 76.4 Å². The van der Waals surface area contributed by atoms with E-state index in [1.54, 1.807) is 14.0 Å². The number of benzene rings is 1. The molecule has 0 amide bonds. The first-order valence-electron chi connectivity index (χ1n) is 13.5. The van der Waals surface area contributed by atoms with Gasteiger partial charge in [-0.15, -0.1) is 0 Å². The SMILES string of the molecule is CCOC(=O)C[C@@H](C[C@H]1C[C@@H](O)C[C@@H](C[C@H](CCOBPS)OCc2ccc(OC)cc2)O1)O[Si](C)(C)C. The molecule has 0 spiro atoms. The lowest BCUT2D eigenvalue weighted by atomic mass is 9.93. The van der Waals surface area contributed by atoms with Gasteiger partial charge >= 0.3 is 13.2 Å². The fourth-order valence-corrected chi connectivity index (χ4v) is 6.28. The molecule has 0 saturated carbocycles. The third kappa shape index (κ3) is 14.1. The number of ether oxygens (including phenoxy) is 4. The van der Waals surface area contributed by atoms with Crippen molar-refractivity contribution in [3.05, 3.63) is 29.8 Å². The van der Waals surface area contributed by atoms with Crippen LogP contribution in [0.3, 0.4) is 0 Å². The molecule has 1 unspecified atom stereocenters. The Hall–Kier alpha value is -0.648. The van der Waals surface area contributed by atoms with Crippen molar-refractivity contribution in [3.8, 4) is 5.75 Å². The number of rotatable bonds is 18. The number of carbonyl (C=O) groups excluding carboxylic acids is 1. The maximum absolute atomic E-state index is 12.2. The lowest BCUT2D eigenvalue weighted by Crippen LogP contribution is -2.42. The molecule has 216 valence electrons. The highest BCUT2D eigenvalue weighted by Gasteiger charge is 2.34. The summed E-state index contributed by atoms with van der Waals surface area (Å²) in [5, 5.41) is 10.7. The number of esters is 1. The van der Waals surface area contributed by atoms with Gasteiger partial charge in [0, 0.05) is 6.61 Å². The third-order valence-corrected chi connectivity index (χ3v) is 7.88. The first-order valence-corrected chi connectivity index (χ1v) is 19.4. The second kappa shape index (κ2) is 17.9. The van der Waals surface area contributed by atoms with Crippen molar-refractivity contribution >= 4 is 41.4 Å². The highest BCUT2D eigenvalue weighted by molar-refractivity contribution is 8.46. The van der Waals surface area contributed by atoms with Crippen molar-refractivity contribution < 1.29 is 37.9 Å². The first kappa shape index (κ1) is 33.6. The van der Waals surface area contributed by atoms with E-state index >= 15 is 0 Å². The molecule has 6 atom stereocenters. The average Bonchev–Trinajstić information content (AvgIpc) is 2.84. The standard InChI is InChI=1S/C26H46BO8PSSi/c1-6-31-26(29)17-25(35-38(3,4)5)16-24-14-20(28)13-23(34-24)15-22(11-12-33-27-36-37)32-18-19-7-9-21(30-2)10-8-19/h7-10,20,22-25,27-28,36-37H,6,11-18H2,1-5H3/t20-,22-,23-,24+,25+/m0/s1. The number of carbonyl (C=O) groups is 1. The minimum Gasteiger partial charge on any atom is -0.497 e. The first-order chi connectivity index (χ1) is 18.1. The molecule has 38 heavy (non-hydrogen) atoms. The summed E-state index contributed by atoms with van der Waals surface area (Å²) in [6.07, 6.45) is 1.94. The zero-order chi connectivity index (χ0) is 28.0. The number of methoxy groups -OCH3 is 1. The molecule has 1 heterocycles. The van der Waals surface area contributed by atoms with Crippen LogP contribution in [0.2, 0.25) is 19.6 Å². The molecule has 8 nitrogen and oxygen atoms in total. The largest absolute Gasteiger partial charge is 0.497 e. The molecule has 12 heteroatoms. The number of hydrogen-bond donors (Lipinski definition) is 2. The zero-order valence-corrected chi connectivity index (χ0v) is 26.4. The Morgan fingerprint density at radius 3 is 2.42 bits per heavy atom. The summed E-state index contributed by atoms with van der Waals surface area (Å²) >= 11 is 4.24. The summed E-state index contributed by atoms with van der Waals surface area (Å²) < 4.78 is 35.2. The predicted molar refractivity (Wildman–Crippen MR) is 159 cm³/mol. The van der Waals surface area contributed by atoms with Crippen LogP contribution in [0, 0.1) is 0 Å². The van der Waals surface area contributed by atoms with Crippen molar-refractivity contribution in [1.29, 1.82) is 0 Å². The second-order valence-electron chi connectivity index (χ2n) is 10.6. The minimum absolute atomic E-state index is 0.0927. The number of aliphatic hydroxyl groups excluding tert-OH is 1. The van der Waals surface area contributed by atoms with Crippen LogP contribution in [0.1, 0.15) is 51.0 Å². The lowest BCUT2D eigenvalue weighted by molar-refractivity contribution is -0.147. The molecule has 0 aliphatic carbocycles. The van der Waals surface area contributed by atoms with Gasteiger partial charge in [0.15, 0.2) is 8.32 Å². The van der Waals surface area contributed by atoms with E-state index in [1.807, 2.05) is 24.3 Å². The van der Waals surface area contributed by atoms with Crippen LogP contribution in [0.25, 0.3) is 0 Å². The Labute approximate surface area is 237 Å². The summed E-state index contributed by atoms with van der Waals surface area (Å²) in [5.41, 5.74) is 1.06. The van der Waals surface area contributed by atoms with Gasteiger partial charge < -0.3 is 33.1 Å². The highest BCUT2D eigenvalue weighted by Crippen LogP contribution is 2.29. The van der Waals surface area contributed by atoms with Crippen molar-refractivity contribution in [2.45, 2.75) is 102 Å². The predicted octanol–water partition coefficient (Wildman–Crippen LogP) is 4.64. The van der Waals surface area contributed by atoms with Crippen molar-refractivity contribution in [2.75, 3.05) is 20.3 Å². The van der Waals surface area contributed by atoms with Crippen LogP contribution in [0.5, 0.6) is 5.75 Å². The second-order valence-corrected chi connectivity index (χ2v) is 16.6. The van der Waals surface area contributed by atoms with E-state index in [2.05, 4.69) is 31.9 Å². The maximum Gasteiger partial charge on any atom is 0.310 e. The van der Waals surface area contributed by atoms with Crippen molar-refractivity contribution in [3.63, 3.8) is 0 Å². The summed E-state index contributed by atoms with van der Waals surface area (Å²) in [6, 6.07) is 7.83. The van der Waals surface area contributed by atoms with Crippen LogP contribution in [-0.2, 0) is 34.7 Å². The average molecular weight is 589 g/mol. The topological polar surface area (TPSA) is 92.7 Å². The highest BCUT2D eigenvalue weighted by atomic mass is 32.7. The van der Waals surface area contributed by atoms with Crippen LogP contribution < -0.4 is 4.74 Å². The Kier molecular flexibility index (Phi) is 15.8. The van der Waals surface area contributed by atoms with E-state index in [9.17, 15) is 9.90 Å². The molecule has 1 saturated heterocycles. The fourth-order valence-electron chi connectivity index (χ4n) is 4.59. The summed E-state index contributed by atoms with van der Waals surface area (Å²) in [4.78, 5) is 12.2. The minimum atomic E-state index is -1.90. The van der Waals surface area contributed by atoms with E-state index in [-0.39, 0.29) is 36.8 Å². The van der Waals surface area contributed by atoms with E-state index in [0.29, 0.717) is 60.4 Å². The Bertz CT molecular complexity index is 800. The molecule has 1 aliphatic rings. The monoisotopic (exact) mass is 588 g/mol. The Morgan fingerprint density at radius 1 is 1.18 bits per heavy atom.